The first-order valence-corrected chi connectivity index (χ1v) is 10.2. The van der Waals surface area contributed by atoms with Gasteiger partial charge in [0.15, 0.2) is 0 Å². The molecule has 0 saturated carbocycles. The van der Waals surface area contributed by atoms with Crippen LogP contribution in [0.3, 0.4) is 0 Å². The molecular formula is C22H29N3O2. The molecule has 3 fully saturated rings. The molecule has 144 valence electrons. The van der Waals surface area contributed by atoms with Gasteiger partial charge in [0, 0.05) is 37.7 Å². The third-order valence-electron chi connectivity index (χ3n) is 6.30. The van der Waals surface area contributed by atoms with Gasteiger partial charge >= 0.3 is 0 Å². The maximum absolute atomic E-state index is 12.8. The molecule has 1 N–H and O–H groups in total. The number of fused-ring (bicyclic) bond motifs is 1. The third-order valence-corrected chi connectivity index (χ3v) is 6.30. The Balaban J connectivity index is 1.60. The molecule has 3 saturated heterocycles. The van der Waals surface area contributed by atoms with Crippen LogP contribution in [0.25, 0.3) is 0 Å². The first kappa shape index (κ1) is 18.2. The van der Waals surface area contributed by atoms with Crippen molar-refractivity contribution in [3.05, 3.63) is 47.5 Å². The van der Waals surface area contributed by atoms with E-state index in [1.165, 1.54) is 5.56 Å². The predicted octanol–water partition coefficient (Wildman–Crippen LogP) is 2.40. The Bertz CT molecular complexity index is 739. The van der Waals surface area contributed by atoms with Crippen LogP contribution in [0.1, 0.15) is 48.0 Å². The van der Waals surface area contributed by atoms with Gasteiger partial charge in [-0.3, -0.25) is 9.59 Å². The molecule has 3 aliphatic rings. The Hall–Kier alpha value is -2.14. The van der Waals surface area contributed by atoms with Crippen molar-refractivity contribution in [3.8, 4) is 0 Å². The smallest absolute Gasteiger partial charge is 0.253 e. The van der Waals surface area contributed by atoms with Crippen LogP contribution in [-0.4, -0.2) is 60.4 Å². The molecule has 3 unspecified atom stereocenters. The normalized spacial score (nSPS) is 28.2. The van der Waals surface area contributed by atoms with E-state index >= 15 is 0 Å². The molecule has 0 bridgehead atoms. The molecule has 5 nitrogen and oxygen atoms in total. The summed E-state index contributed by atoms with van der Waals surface area (Å²) < 4.78 is 0. The predicted molar refractivity (Wildman–Crippen MR) is 106 cm³/mol. The van der Waals surface area contributed by atoms with Gasteiger partial charge in [-0.15, -0.1) is 0 Å². The number of rotatable bonds is 4. The van der Waals surface area contributed by atoms with E-state index in [0.29, 0.717) is 12.5 Å². The SMILES string of the molecule is CC=CCN1CC(c2cccc(C(=O)N3CCCC3)c2)C2CCNC2C1=O. The van der Waals surface area contributed by atoms with Gasteiger partial charge in [0.2, 0.25) is 5.91 Å². The average molecular weight is 367 g/mol. The van der Waals surface area contributed by atoms with Crippen molar-refractivity contribution >= 4 is 11.8 Å². The molecule has 2 amide bonds. The fraction of sp³-hybridized carbons (Fsp3) is 0.545. The summed E-state index contributed by atoms with van der Waals surface area (Å²) in [7, 11) is 0. The summed E-state index contributed by atoms with van der Waals surface area (Å²) in [5.41, 5.74) is 1.98. The number of allylic oxidation sites excluding steroid dienone is 1. The minimum absolute atomic E-state index is 0.0908. The molecule has 0 spiro atoms. The summed E-state index contributed by atoms with van der Waals surface area (Å²) in [6.45, 7) is 5.99. The monoisotopic (exact) mass is 367 g/mol. The number of benzene rings is 1. The van der Waals surface area contributed by atoms with Crippen molar-refractivity contribution in [3.63, 3.8) is 0 Å². The molecule has 27 heavy (non-hydrogen) atoms. The standard InChI is InChI=1S/C22H29N3O2/c1-2-3-11-25-15-19(18-9-10-23-20(18)22(25)27)16-7-6-8-17(14-16)21(26)24-12-4-5-13-24/h2-3,6-8,14,18-20,23H,4-5,9-13,15H2,1H3. The molecule has 3 aliphatic heterocycles. The zero-order valence-corrected chi connectivity index (χ0v) is 16.1. The summed E-state index contributed by atoms with van der Waals surface area (Å²) in [6.07, 6.45) is 7.25. The van der Waals surface area contributed by atoms with Gasteiger partial charge < -0.3 is 15.1 Å². The van der Waals surface area contributed by atoms with Crippen LogP contribution in [0.5, 0.6) is 0 Å². The lowest BCUT2D eigenvalue weighted by Gasteiger charge is -2.40. The Morgan fingerprint density at radius 3 is 2.89 bits per heavy atom. The van der Waals surface area contributed by atoms with Crippen LogP contribution < -0.4 is 5.32 Å². The number of carbonyl (C=O) groups is 2. The molecule has 3 heterocycles. The van der Waals surface area contributed by atoms with E-state index in [1.54, 1.807) is 0 Å². The highest BCUT2D eigenvalue weighted by atomic mass is 16.2. The Morgan fingerprint density at radius 2 is 2.11 bits per heavy atom. The van der Waals surface area contributed by atoms with Crippen LogP contribution in [0.15, 0.2) is 36.4 Å². The van der Waals surface area contributed by atoms with Gasteiger partial charge in [-0.05, 0) is 56.3 Å². The van der Waals surface area contributed by atoms with E-state index in [4.69, 9.17) is 0 Å². The highest BCUT2D eigenvalue weighted by Gasteiger charge is 2.45. The number of hydrogen-bond acceptors (Lipinski definition) is 3. The van der Waals surface area contributed by atoms with Crippen LogP contribution >= 0.6 is 0 Å². The van der Waals surface area contributed by atoms with Crippen molar-refractivity contribution in [2.24, 2.45) is 5.92 Å². The largest absolute Gasteiger partial charge is 0.339 e. The van der Waals surface area contributed by atoms with E-state index in [-0.39, 0.29) is 23.8 Å². The summed E-state index contributed by atoms with van der Waals surface area (Å²) in [5.74, 6) is 0.958. The fourth-order valence-corrected chi connectivity index (χ4v) is 4.84. The topological polar surface area (TPSA) is 52.7 Å². The van der Waals surface area contributed by atoms with Gasteiger partial charge in [-0.25, -0.2) is 0 Å². The van der Waals surface area contributed by atoms with Gasteiger partial charge in [0.1, 0.15) is 0 Å². The van der Waals surface area contributed by atoms with Crippen molar-refractivity contribution in [1.29, 1.82) is 0 Å². The van der Waals surface area contributed by atoms with Gasteiger partial charge in [-0.2, -0.15) is 0 Å². The molecular weight excluding hydrogens is 338 g/mol. The Kier molecular flexibility index (Phi) is 5.30. The maximum atomic E-state index is 12.8. The minimum Gasteiger partial charge on any atom is -0.339 e. The summed E-state index contributed by atoms with van der Waals surface area (Å²) in [5, 5.41) is 3.41. The second kappa shape index (κ2) is 7.85. The van der Waals surface area contributed by atoms with E-state index in [2.05, 4.69) is 17.4 Å². The Morgan fingerprint density at radius 1 is 1.30 bits per heavy atom. The number of amides is 2. The van der Waals surface area contributed by atoms with Crippen molar-refractivity contribution in [2.75, 3.05) is 32.7 Å². The molecule has 0 aromatic heterocycles. The molecule has 0 radical (unpaired) electrons. The molecule has 3 atom stereocenters. The highest BCUT2D eigenvalue weighted by Crippen LogP contribution is 2.38. The number of hydrogen-bond donors (Lipinski definition) is 1. The Labute approximate surface area is 161 Å². The first-order valence-electron chi connectivity index (χ1n) is 10.2. The summed E-state index contributed by atoms with van der Waals surface area (Å²) in [6, 6.07) is 8.05. The van der Waals surface area contributed by atoms with Crippen molar-refractivity contribution in [2.45, 2.75) is 38.1 Å². The number of likely N-dealkylation sites (tertiary alicyclic amines) is 2. The van der Waals surface area contributed by atoms with Crippen LogP contribution in [0.4, 0.5) is 0 Å². The lowest BCUT2D eigenvalue weighted by atomic mass is 9.77. The van der Waals surface area contributed by atoms with Crippen molar-refractivity contribution < 1.29 is 9.59 Å². The number of nitrogens with one attached hydrogen (secondary N) is 1. The zero-order valence-electron chi connectivity index (χ0n) is 16.1. The van der Waals surface area contributed by atoms with E-state index in [1.807, 2.05) is 41.0 Å². The number of nitrogens with zero attached hydrogens (tertiary/aromatic N) is 2. The average Bonchev–Trinajstić information content (AvgIpc) is 3.39. The fourth-order valence-electron chi connectivity index (χ4n) is 4.84. The highest BCUT2D eigenvalue weighted by molar-refractivity contribution is 5.94. The molecule has 1 aromatic rings. The van der Waals surface area contributed by atoms with Crippen molar-refractivity contribution in [1.82, 2.24) is 15.1 Å². The zero-order chi connectivity index (χ0) is 18.8. The van der Waals surface area contributed by atoms with E-state index in [9.17, 15) is 9.59 Å². The maximum Gasteiger partial charge on any atom is 0.253 e. The molecule has 1 aromatic carbocycles. The molecule has 5 heteroatoms. The second-order valence-electron chi connectivity index (χ2n) is 7.93. The van der Waals surface area contributed by atoms with Crippen LogP contribution in [0.2, 0.25) is 0 Å². The van der Waals surface area contributed by atoms with Gasteiger partial charge in [0.25, 0.3) is 5.91 Å². The molecule has 4 rings (SSSR count). The minimum atomic E-state index is -0.0908. The quantitative estimate of drug-likeness (QED) is 0.832. The lowest BCUT2D eigenvalue weighted by molar-refractivity contribution is -0.137. The van der Waals surface area contributed by atoms with Gasteiger partial charge in [0.05, 0.1) is 6.04 Å². The van der Waals surface area contributed by atoms with E-state index in [0.717, 1.165) is 51.0 Å². The summed E-state index contributed by atoms with van der Waals surface area (Å²) >= 11 is 0. The molecule has 0 aliphatic carbocycles. The van der Waals surface area contributed by atoms with Gasteiger partial charge in [-0.1, -0.05) is 24.3 Å². The lowest BCUT2D eigenvalue weighted by Crippen LogP contribution is -2.54. The number of piperidine rings is 1. The van der Waals surface area contributed by atoms with E-state index < -0.39 is 0 Å². The van der Waals surface area contributed by atoms with Crippen LogP contribution in [-0.2, 0) is 4.79 Å². The summed E-state index contributed by atoms with van der Waals surface area (Å²) in [4.78, 5) is 29.5. The van der Waals surface area contributed by atoms with Crippen LogP contribution in [0, 0.1) is 5.92 Å². The third kappa shape index (κ3) is 3.53. The second-order valence-corrected chi connectivity index (χ2v) is 7.93. The first-order chi connectivity index (χ1) is 13.2. The number of carbonyl (C=O) groups excluding carboxylic acids is 2.